The molecule has 7 heteroatoms. The van der Waals surface area contributed by atoms with Crippen molar-refractivity contribution in [1.82, 2.24) is 25.1 Å². The van der Waals surface area contributed by atoms with Crippen LogP contribution in [0.3, 0.4) is 0 Å². The van der Waals surface area contributed by atoms with Gasteiger partial charge in [-0.1, -0.05) is 32.4 Å². The van der Waals surface area contributed by atoms with Crippen molar-refractivity contribution in [1.29, 1.82) is 0 Å². The standard InChI is InChI=1S/C14H18ClN5O/c1-8-10(15)17-13(14(2,3)4)18-11(8)20-7-6-9(19-20)12(21)16-5/h6-7H,1-5H3,(H,16,21). The van der Waals surface area contributed by atoms with E-state index in [0.717, 1.165) is 5.56 Å². The molecule has 0 aromatic carbocycles. The number of amides is 1. The van der Waals surface area contributed by atoms with Crippen LogP contribution in [0.5, 0.6) is 0 Å². The minimum absolute atomic E-state index is 0.233. The highest BCUT2D eigenvalue weighted by Gasteiger charge is 2.22. The van der Waals surface area contributed by atoms with E-state index < -0.39 is 0 Å². The van der Waals surface area contributed by atoms with Crippen LogP contribution in [0.1, 0.15) is 42.6 Å². The Labute approximate surface area is 128 Å². The first-order valence-corrected chi connectivity index (χ1v) is 6.94. The largest absolute Gasteiger partial charge is 0.354 e. The zero-order valence-corrected chi connectivity index (χ0v) is 13.5. The van der Waals surface area contributed by atoms with Gasteiger partial charge in [-0.15, -0.1) is 0 Å². The van der Waals surface area contributed by atoms with Crippen LogP contribution < -0.4 is 5.32 Å². The molecule has 0 aliphatic carbocycles. The van der Waals surface area contributed by atoms with Crippen molar-refractivity contribution in [2.24, 2.45) is 0 Å². The number of aromatic nitrogens is 4. The summed E-state index contributed by atoms with van der Waals surface area (Å²) in [5.74, 6) is 0.961. The quantitative estimate of drug-likeness (QED) is 0.864. The predicted molar refractivity (Wildman–Crippen MR) is 81.0 cm³/mol. The molecule has 2 rings (SSSR count). The van der Waals surface area contributed by atoms with E-state index in [1.165, 1.54) is 0 Å². The molecule has 0 bridgehead atoms. The van der Waals surface area contributed by atoms with E-state index in [1.54, 1.807) is 24.0 Å². The molecule has 0 aliphatic rings. The third kappa shape index (κ3) is 3.05. The van der Waals surface area contributed by atoms with Crippen LogP contribution in [0.4, 0.5) is 0 Å². The Morgan fingerprint density at radius 2 is 2.00 bits per heavy atom. The maximum atomic E-state index is 11.6. The van der Waals surface area contributed by atoms with Gasteiger partial charge >= 0.3 is 0 Å². The summed E-state index contributed by atoms with van der Waals surface area (Å²) in [5.41, 5.74) is 0.809. The van der Waals surface area contributed by atoms with Gasteiger partial charge in [-0.25, -0.2) is 14.6 Å². The number of nitrogens with zero attached hydrogens (tertiary/aromatic N) is 4. The Hall–Kier alpha value is -1.95. The van der Waals surface area contributed by atoms with E-state index in [-0.39, 0.29) is 11.3 Å². The summed E-state index contributed by atoms with van der Waals surface area (Å²) in [6.45, 7) is 7.86. The van der Waals surface area contributed by atoms with Crippen LogP contribution in [-0.2, 0) is 5.41 Å². The number of hydrogen-bond donors (Lipinski definition) is 1. The summed E-state index contributed by atoms with van der Waals surface area (Å²) in [5, 5.41) is 7.16. The average molecular weight is 308 g/mol. The topological polar surface area (TPSA) is 72.7 Å². The molecule has 0 unspecified atom stereocenters. The molecule has 2 aromatic heterocycles. The highest BCUT2D eigenvalue weighted by Crippen LogP contribution is 2.25. The van der Waals surface area contributed by atoms with Crippen molar-refractivity contribution in [3.05, 3.63) is 34.5 Å². The molecule has 21 heavy (non-hydrogen) atoms. The van der Waals surface area contributed by atoms with Crippen LogP contribution in [-0.4, -0.2) is 32.7 Å². The molecule has 0 radical (unpaired) electrons. The third-order valence-corrected chi connectivity index (χ3v) is 3.37. The van der Waals surface area contributed by atoms with Crippen molar-refractivity contribution in [2.45, 2.75) is 33.1 Å². The number of hydrogen-bond acceptors (Lipinski definition) is 4. The minimum Gasteiger partial charge on any atom is -0.354 e. The Kier molecular flexibility index (Phi) is 4.00. The summed E-state index contributed by atoms with van der Waals surface area (Å²) in [6.07, 6.45) is 1.68. The molecule has 0 aliphatic heterocycles. The molecular formula is C14H18ClN5O. The first kappa shape index (κ1) is 15.4. The summed E-state index contributed by atoms with van der Waals surface area (Å²) < 4.78 is 1.54. The molecular weight excluding hydrogens is 290 g/mol. The summed E-state index contributed by atoms with van der Waals surface area (Å²) in [7, 11) is 1.56. The van der Waals surface area contributed by atoms with Gasteiger partial charge in [0.25, 0.3) is 5.91 Å². The van der Waals surface area contributed by atoms with Crippen LogP contribution in [0.2, 0.25) is 5.15 Å². The highest BCUT2D eigenvalue weighted by molar-refractivity contribution is 6.30. The van der Waals surface area contributed by atoms with Crippen molar-refractivity contribution in [2.75, 3.05) is 7.05 Å². The number of nitrogens with one attached hydrogen (secondary N) is 1. The van der Waals surface area contributed by atoms with Gasteiger partial charge in [0.05, 0.1) is 0 Å². The molecule has 6 nitrogen and oxygen atoms in total. The van der Waals surface area contributed by atoms with Crippen LogP contribution in [0.25, 0.3) is 5.82 Å². The second-order valence-corrected chi connectivity index (χ2v) is 6.12. The maximum absolute atomic E-state index is 11.6. The fourth-order valence-corrected chi connectivity index (χ4v) is 1.89. The Morgan fingerprint density at radius 1 is 1.33 bits per heavy atom. The normalized spacial score (nSPS) is 11.5. The monoisotopic (exact) mass is 307 g/mol. The second-order valence-electron chi connectivity index (χ2n) is 5.76. The fourth-order valence-electron chi connectivity index (χ4n) is 1.73. The molecule has 0 atom stereocenters. The van der Waals surface area contributed by atoms with Gasteiger partial charge in [0, 0.05) is 24.2 Å². The molecule has 0 saturated carbocycles. The first-order valence-electron chi connectivity index (χ1n) is 6.56. The van der Waals surface area contributed by atoms with Gasteiger partial charge in [-0.3, -0.25) is 4.79 Å². The van der Waals surface area contributed by atoms with Crippen LogP contribution in [0, 0.1) is 6.92 Å². The molecule has 1 amide bonds. The van der Waals surface area contributed by atoms with Crippen molar-refractivity contribution < 1.29 is 4.79 Å². The lowest BCUT2D eigenvalue weighted by Gasteiger charge is -2.18. The second kappa shape index (κ2) is 5.44. The lowest BCUT2D eigenvalue weighted by atomic mass is 9.95. The van der Waals surface area contributed by atoms with Crippen molar-refractivity contribution >= 4 is 17.5 Å². The van der Waals surface area contributed by atoms with Gasteiger partial charge in [-0.05, 0) is 13.0 Å². The van der Waals surface area contributed by atoms with Crippen molar-refractivity contribution in [3.8, 4) is 5.82 Å². The third-order valence-electron chi connectivity index (χ3n) is 3.00. The fraction of sp³-hybridized carbons (Fsp3) is 0.429. The zero-order valence-electron chi connectivity index (χ0n) is 12.7. The number of carbonyl (C=O) groups excluding carboxylic acids is 1. The minimum atomic E-state index is -0.248. The lowest BCUT2D eigenvalue weighted by Crippen LogP contribution is -2.20. The smallest absolute Gasteiger partial charge is 0.271 e. The average Bonchev–Trinajstić information content (AvgIpc) is 2.89. The van der Waals surface area contributed by atoms with Crippen molar-refractivity contribution in [3.63, 3.8) is 0 Å². The summed E-state index contributed by atoms with van der Waals surface area (Å²) >= 11 is 6.20. The van der Waals surface area contributed by atoms with Gasteiger partial charge in [0.2, 0.25) is 0 Å². The van der Waals surface area contributed by atoms with E-state index in [0.29, 0.717) is 22.5 Å². The van der Waals surface area contributed by atoms with E-state index >= 15 is 0 Å². The van der Waals surface area contributed by atoms with Gasteiger partial charge < -0.3 is 5.32 Å². The van der Waals surface area contributed by atoms with Gasteiger partial charge in [0.15, 0.2) is 11.5 Å². The molecule has 0 spiro atoms. The number of halogens is 1. The Balaban J connectivity index is 2.55. The van der Waals surface area contributed by atoms with Crippen LogP contribution >= 0.6 is 11.6 Å². The Bertz CT molecular complexity index is 687. The predicted octanol–water partition coefficient (Wildman–Crippen LogP) is 2.28. The molecule has 2 heterocycles. The summed E-state index contributed by atoms with van der Waals surface area (Å²) in [6, 6.07) is 1.63. The lowest BCUT2D eigenvalue weighted by molar-refractivity contribution is 0.0957. The van der Waals surface area contributed by atoms with E-state index in [9.17, 15) is 4.79 Å². The molecule has 0 saturated heterocycles. The highest BCUT2D eigenvalue weighted by atomic mass is 35.5. The Morgan fingerprint density at radius 3 is 2.57 bits per heavy atom. The van der Waals surface area contributed by atoms with Crippen LogP contribution in [0.15, 0.2) is 12.3 Å². The number of rotatable bonds is 2. The molecule has 1 N–H and O–H groups in total. The van der Waals surface area contributed by atoms with Gasteiger partial charge in [0.1, 0.15) is 11.0 Å². The molecule has 2 aromatic rings. The first-order chi connectivity index (χ1) is 9.74. The SMILES string of the molecule is CNC(=O)c1ccn(-c2nc(C(C)(C)C)nc(Cl)c2C)n1. The number of carbonyl (C=O) groups is 1. The van der Waals surface area contributed by atoms with Gasteiger partial charge in [-0.2, -0.15) is 5.10 Å². The van der Waals surface area contributed by atoms with E-state index in [4.69, 9.17) is 11.6 Å². The molecule has 112 valence electrons. The zero-order chi connectivity index (χ0) is 15.8. The van der Waals surface area contributed by atoms with E-state index in [1.807, 2.05) is 27.7 Å². The maximum Gasteiger partial charge on any atom is 0.271 e. The summed E-state index contributed by atoms with van der Waals surface area (Å²) in [4.78, 5) is 20.5. The molecule has 0 fully saturated rings. The van der Waals surface area contributed by atoms with E-state index in [2.05, 4.69) is 20.4 Å².